The van der Waals surface area contributed by atoms with E-state index in [4.69, 9.17) is 0 Å². The van der Waals surface area contributed by atoms with E-state index in [1.165, 1.54) is 11.6 Å². The number of nitrogens with zero attached hydrogens (tertiary/aromatic N) is 3. The number of aryl methyl sites for hydroxylation is 3. The summed E-state index contributed by atoms with van der Waals surface area (Å²) in [4.78, 5) is 4.54. The minimum Gasteiger partial charge on any atom is -0.357 e. The van der Waals surface area contributed by atoms with Crippen molar-refractivity contribution in [2.45, 2.75) is 40.8 Å². The fraction of sp³-hybridized carbons (Fsp3) is 0.444. The fourth-order valence-corrected chi connectivity index (χ4v) is 2.49. The molecule has 1 aromatic carbocycles. The molecule has 0 spiro atoms. The second-order valence-electron chi connectivity index (χ2n) is 5.91. The highest BCUT2D eigenvalue weighted by molar-refractivity contribution is 14.0. The molecule has 0 aliphatic rings. The van der Waals surface area contributed by atoms with Crippen LogP contribution in [0.5, 0.6) is 0 Å². The van der Waals surface area contributed by atoms with Crippen molar-refractivity contribution in [3.63, 3.8) is 0 Å². The molecule has 2 aromatic rings. The molecule has 2 rings (SSSR count). The predicted molar refractivity (Wildman–Crippen MR) is 111 cm³/mol. The molecule has 0 atom stereocenters. The molecule has 1 aromatic heterocycles. The number of nitrogens with one attached hydrogen (secondary N) is 2. The molecule has 0 aliphatic heterocycles. The highest BCUT2D eigenvalue weighted by Crippen LogP contribution is 2.12. The predicted octanol–water partition coefficient (Wildman–Crippen LogP) is 3.36. The van der Waals surface area contributed by atoms with Crippen molar-refractivity contribution in [1.82, 2.24) is 20.4 Å². The SMILES string of the molecule is CCNC(=NCc1ccc(C)c(F)c1)NCc1c(C)nn(C)c1C.I. The van der Waals surface area contributed by atoms with Crippen LogP contribution in [-0.2, 0) is 20.1 Å². The zero-order valence-corrected chi connectivity index (χ0v) is 17.8. The zero-order chi connectivity index (χ0) is 17.7. The summed E-state index contributed by atoms with van der Waals surface area (Å²) in [5, 5.41) is 11.0. The Kier molecular flexibility index (Phi) is 8.34. The van der Waals surface area contributed by atoms with Gasteiger partial charge in [0.1, 0.15) is 5.82 Å². The van der Waals surface area contributed by atoms with Crippen molar-refractivity contribution in [1.29, 1.82) is 0 Å². The largest absolute Gasteiger partial charge is 0.357 e. The molecule has 7 heteroatoms. The normalized spacial score (nSPS) is 11.2. The third-order valence-electron chi connectivity index (χ3n) is 4.09. The van der Waals surface area contributed by atoms with Crippen molar-refractivity contribution in [3.05, 3.63) is 52.1 Å². The van der Waals surface area contributed by atoms with Gasteiger partial charge in [0.2, 0.25) is 0 Å². The van der Waals surface area contributed by atoms with Crippen LogP contribution in [0, 0.1) is 26.6 Å². The summed E-state index contributed by atoms with van der Waals surface area (Å²) in [6.07, 6.45) is 0. The van der Waals surface area contributed by atoms with Gasteiger partial charge in [0.05, 0.1) is 12.2 Å². The van der Waals surface area contributed by atoms with E-state index in [2.05, 4.69) is 27.6 Å². The lowest BCUT2D eigenvalue weighted by Crippen LogP contribution is -2.37. The number of halogens is 2. The molecule has 1 heterocycles. The number of rotatable bonds is 5. The van der Waals surface area contributed by atoms with Gasteiger partial charge in [0, 0.05) is 31.4 Å². The van der Waals surface area contributed by atoms with Crippen LogP contribution in [0.25, 0.3) is 0 Å². The van der Waals surface area contributed by atoms with Gasteiger partial charge in [-0.25, -0.2) is 9.38 Å². The molecule has 0 saturated carbocycles. The van der Waals surface area contributed by atoms with E-state index in [1.54, 1.807) is 13.0 Å². The number of benzene rings is 1. The van der Waals surface area contributed by atoms with Crippen LogP contribution in [0.1, 0.15) is 35.0 Å². The Hall–Kier alpha value is -1.64. The van der Waals surface area contributed by atoms with Gasteiger partial charge in [-0.2, -0.15) is 5.10 Å². The van der Waals surface area contributed by atoms with E-state index in [0.717, 1.165) is 23.5 Å². The van der Waals surface area contributed by atoms with Gasteiger partial charge in [-0.1, -0.05) is 12.1 Å². The molecule has 0 amide bonds. The monoisotopic (exact) mass is 459 g/mol. The molecule has 0 saturated heterocycles. The summed E-state index contributed by atoms with van der Waals surface area (Å²) < 4.78 is 15.5. The van der Waals surface area contributed by atoms with E-state index in [9.17, 15) is 4.39 Å². The van der Waals surface area contributed by atoms with Crippen molar-refractivity contribution in [2.75, 3.05) is 6.54 Å². The first-order valence-electron chi connectivity index (χ1n) is 8.18. The van der Waals surface area contributed by atoms with Crippen LogP contribution in [0.15, 0.2) is 23.2 Å². The van der Waals surface area contributed by atoms with Crippen LogP contribution in [0.4, 0.5) is 4.39 Å². The van der Waals surface area contributed by atoms with Crippen molar-refractivity contribution < 1.29 is 4.39 Å². The Morgan fingerprint density at radius 1 is 1.24 bits per heavy atom. The molecule has 25 heavy (non-hydrogen) atoms. The number of hydrogen-bond acceptors (Lipinski definition) is 2. The summed E-state index contributed by atoms with van der Waals surface area (Å²) in [6, 6.07) is 5.22. The van der Waals surface area contributed by atoms with E-state index in [0.29, 0.717) is 24.6 Å². The third-order valence-corrected chi connectivity index (χ3v) is 4.09. The Bertz CT molecular complexity index is 739. The number of aromatic nitrogens is 2. The number of aliphatic imine (C=N–C) groups is 1. The van der Waals surface area contributed by atoms with Gasteiger partial charge in [-0.15, -0.1) is 24.0 Å². The van der Waals surface area contributed by atoms with Gasteiger partial charge >= 0.3 is 0 Å². The van der Waals surface area contributed by atoms with Crippen molar-refractivity contribution in [2.24, 2.45) is 12.0 Å². The zero-order valence-electron chi connectivity index (χ0n) is 15.5. The average Bonchev–Trinajstić information content (AvgIpc) is 2.78. The number of guanidine groups is 1. The molecule has 0 aliphatic carbocycles. The maximum Gasteiger partial charge on any atom is 0.191 e. The standard InChI is InChI=1S/C18H26FN5.HI/c1-6-20-18(21-10-15-8-7-12(2)17(19)9-15)22-11-16-13(3)23-24(5)14(16)4;/h7-9H,6,10-11H2,1-5H3,(H2,20,21,22);1H. The summed E-state index contributed by atoms with van der Waals surface area (Å²) in [6.45, 7) is 9.67. The first-order chi connectivity index (χ1) is 11.4. The molecule has 0 fully saturated rings. The van der Waals surface area contributed by atoms with Gasteiger partial charge in [-0.05, 0) is 44.9 Å². The van der Waals surface area contributed by atoms with Crippen LogP contribution in [-0.4, -0.2) is 22.3 Å². The molecule has 0 unspecified atom stereocenters. The minimum absolute atomic E-state index is 0. The second-order valence-corrected chi connectivity index (χ2v) is 5.91. The Labute approximate surface area is 166 Å². The smallest absolute Gasteiger partial charge is 0.191 e. The molecule has 5 nitrogen and oxygen atoms in total. The van der Waals surface area contributed by atoms with E-state index >= 15 is 0 Å². The third kappa shape index (κ3) is 5.69. The molecule has 0 bridgehead atoms. The maximum atomic E-state index is 13.6. The van der Waals surface area contributed by atoms with E-state index in [-0.39, 0.29) is 29.8 Å². The minimum atomic E-state index is -0.192. The molecule has 0 radical (unpaired) electrons. The lowest BCUT2D eigenvalue weighted by molar-refractivity contribution is 0.616. The van der Waals surface area contributed by atoms with Crippen LogP contribution in [0.2, 0.25) is 0 Å². The summed E-state index contributed by atoms with van der Waals surface area (Å²) in [7, 11) is 1.94. The molecular weight excluding hydrogens is 432 g/mol. The van der Waals surface area contributed by atoms with Gasteiger partial charge < -0.3 is 10.6 Å². The fourth-order valence-electron chi connectivity index (χ4n) is 2.49. The van der Waals surface area contributed by atoms with Crippen LogP contribution >= 0.6 is 24.0 Å². The average molecular weight is 459 g/mol. The molecule has 138 valence electrons. The molecular formula is C18H27FIN5. The van der Waals surface area contributed by atoms with E-state index < -0.39 is 0 Å². The summed E-state index contributed by atoms with van der Waals surface area (Å²) in [5.41, 5.74) is 4.82. The van der Waals surface area contributed by atoms with Gasteiger partial charge in [-0.3, -0.25) is 4.68 Å². The highest BCUT2D eigenvalue weighted by atomic mass is 127. The van der Waals surface area contributed by atoms with Crippen molar-refractivity contribution in [3.8, 4) is 0 Å². The lowest BCUT2D eigenvalue weighted by atomic mass is 10.1. The summed E-state index contributed by atoms with van der Waals surface area (Å²) >= 11 is 0. The topological polar surface area (TPSA) is 54.2 Å². The first-order valence-corrected chi connectivity index (χ1v) is 8.18. The highest BCUT2D eigenvalue weighted by Gasteiger charge is 2.09. The quantitative estimate of drug-likeness (QED) is 0.410. The van der Waals surface area contributed by atoms with Gasteiger partial charge in [0.25, 0.3) is 0 Å². The first kappa shape index (κ1) is 21.4. The van der Waals surface area contributed by atoms with Crippen molar-refractivity contribution >= 4 is 29.9 Å². The maximum absolute atomic E-state index is 13.6. The van der Waals surface area contributed by atoms with E-state index in [1.807, 2.05) is 31.6 Å². The molecule has 2 N–H and O–H groups in total. The van der Waals surface area contributed by atoms with Crippen LogP contribution < -0.4 is 10.6 Å². The lowest BCUT2D eigenvalue weighted by Gasteiger charge is -2.12. The Morgan fingerprint density at radius 2 is 1.96 bits per heavy atom. The number of hydrogen-bond donors (Lipinski definition) is 2. The van der Waals surface area contributed by atoms with Crippen LogP contribution in [0.3, 0.4) is 0 Å². The Balaban J connectivity index is 0.00000312. The summed E-state index contributed by atoms with van der Waals surface area (Å²) in [5.74, 6) is 0.517. The van der Waals surface area contributed by atoms with Gasteiger partial charge in [0.15, 0.2) is 5.96 Å². The second kappa shape index (κ2) is 9.74. The Morgan fingerprint density at radius 3 is 2.52 bits per heavy atom.